The molecule has 0 rings (SSSR count). The van der Waals surface area contributed by atoms with Gasteiger partial charge in [-0.2, -0.15) is 0 Å². The van der Waals surface area contributed by atoms with Crippen LogP contribution in [0, 0.1) is 0 Å². The van der Waals surface area contributed by atoms with Gasteiger partial charge in [-0.05, 0) is 33.9 Å². The molecule has 2 atom stereocenters. The van der Waals surface area contributed by atoms with Crippen LogP contribution in [-0.2, 0) is 4.79 Å². The molecule has 3 heteroatoms. The Morgan fingerprint density at radius 3 is 2.07 bits per heavy atom. The van der Waals surface area contributed by atoms with Crippen molar-refractivity contribution < 1.29 is 4.79 Å². The van der Waals surface area contributed by atoms with Gasteiger partial charge in [0.25, 0.3) is 0 Å². The van der Waals surface area contributed by atoms with Gasteiger partial charge in [-0.15, -0.1) is 0 Å². The summed E-state index contributed by atoms with van der Waals surface area (Å²) in [4.78, 5) is 15.8. The second-order valence-electron chi connectivity index (χ2n) is 3.96. The van der Waals surface area contributed by atoms with Gasteiger partial charge in [-0.1, -0.05) is 13.8 Å². The minimum atomic E-state index is -0.0148. The monoisotopic (exact) mass is 200 g/mol. The fourth-order valence-electron chi connectivity index (χ4n) is 1.25. The van der Waals surface area contributed by atoms with Crippen molar-refractivity contribution in [3.05, 3.63) is 0 Å². The second kappa shape index (κ2) is 6.02. The normalized spacial score (nSPS) is 15.4. The molecule has 0 radical (unpaired) electrons. The molecular formula is C11H24N2O. The SMILES string of the molecule is CC[C@@H](C)N(C)C(=O)[C@H](C)N(C)CC. The van der Waals surface area contributed by atoms with E-state index < -0.39 is 0 Å². The summed E-state index contributed by atoms with van der Waals surface area (Å²) in [5.74, 6) is 0.212. The third-order valence-corrected chi connectivity index (χ3v) is 3.12. The zero-order valence-electron chi connectivity index (χ0n) is 10.4. The minimum Gasteiger partial charge on any atom is -0.342 e. The van der Waals surface area contributed by atoms with Crippen LogP contribution >= 0.6 is 0 Å². The molecule has 0 N–H and O–H groups in total. The molecule has 0 aromatic rings. The van der Waals surface area contributed by atoms with Gasteiger partial charge in [-0.25, -0.2) is 0 Å². The molecule has 0 bridgehead atoms. The molecule has 0 aromatic heterocycles. The van der Waals surface area contributed by atoms with Crippen LogP contribution in [0.1, 0.15) is 34.1 Å². The van der Waals surface area contributed by atoms with E-state index in [1.54, 1.807) is 0 Å². The summed E-state index contributed by atoms with van der Waals surface area (Å²) in [5.41, 5.74) is 0. The molecule has 0 saturated heterocycles. The van der Waals surface area contributed by atoms with Crippen LogP contribution in [0.15, 0.2) is 0 Å². The average molecular weight is 200 g/mol. The Hall–Kier alpha value is -0.570. The predicted octanol–water partition coefficient (Wildman–Crippen LogP) is 1.58. The lowest BCUT2D eigenvalue weighted by Crippen LogP contribution is -2.46. The van der Waals surface area contributed by atoms with Gasteiger partial charge in [-0.3, -0.25) is 9.69 Å². The Morgan fingerprint density at radius 2 is 1.71 bits per heavy atom. The Morgan fingerprint density at radius 1 is 1.21 bits per heavy atom. The van der Waals surface area contributed by atoms with Crippen molar-refractivity contribution in [2.45, 2.75) is 46.2 Å². The molecule has 0 aliphatic heterocycles. The van der Waals surface area contributed by atoms with Crippen molar-refractivity contribution in [2.75, 3.05) is 20.6 Å². The highest BCUT2D eigenvalue weighted by molar-refractivity contribution is 5.81. The van der Waals surface area contributed by atoms with Crippen LogP contribution in [0.3, 0.4) is 0 Å². The van der Waals surface area contributed by atoms with Crippen LogP contribution in [-0.4, -0.2) is 48.4 Å². The van der Waals surface area contributed by atoms with E-state index in [0.29, 0.717) is 6.04 Å². The lowest BCUT2D eigenvalue weighted by atomic mass is 10.2. The Labute approximate surface area is 88.1 Å². The van der Waals surface area contributed by atoms with Gasteiger partial charge in [0.1, 0.15) is 0 Å². The van der Waals surface area contributed by atoms with E-state index in [2.05, 4.69) is 25.7 Å². The van der Waals surface area contributed by atoms with E-state index >= 15 is 0 Å². The highest BCUT2D eigenvalue weighted by atomic mass is 16.2. The van der Waals surface area contributed by atoms with E-state index in [1.165, 1.54) is 0 Å². The highest BCUT2D eigenvalue weighted by Crippen LogP contribution is 2.06. The van der Waals surface area contributed by atoms with Crippen LogP contribution in [0.4, 0.5) is 0 Å². The van der Waals surface area contributed by atoms with Gasteiger partial charge in [0.2, 0.25) is 5.91 Å². The van der Waals surface area contributed by atoms with Crippen molar-refractivity contribution in [3.63, 3.8) is 0 Å². The molecular weight excluding hydrogens is 176 g/mol. The number of amides is 1. The molecule has 1 amide bonds. The minimum absolute atomic E-state index is 0.0148. The molecule has 3 nitrogen and oxygen atoms in total. The van der Waals surface area contributed by atoms with E-state index in [4.69, 9.17) is 0 Å². The van der Waals surface area contributed by atoms with Crippen LogP contribution < -0.4 is 0 Å². The Bertz CT molecular complexity index is 164. The third-order valence-electron chi connectivity index (χ3n) is 3.12. The smallest absolute Gasteiger partial charge is 0.239 e. The predicted molar refractivity (Wildman–Crippen MR) is 60.3 cm³/mol. The molecule has 0 heterocycles. The Balaban J connectivity index is 4.31. The summed E-state index contributed by atoms with van der Waals surface area (Å²) >= 11 is 0. The van der Waals surface area contributed by atoms with Crippen LogP contribution in [0.2, 0.25) is 0 Å². The molecule has 0 aliphatic carbocycles. The standard InChI is InChI=1S/C11H24N2O/c1-7-9(3)13(6)11(14)10(4)12(5)8-2/h9-10H,7-8H2,1-6H3/t9-,10+/m1/s1. The van der Waals surface area contributed by atoms with Crippen molar-refractivity contribution in [1.82, 2.24) is 9.80 Å². The van der Waals surface area contributed by atoms with Crippen molar-refractivity contribution >= 4 is 5.91 Å². The number of hydrogen-bond acceptors (Lipinski definition) is 2. The number of rotatable bonds is 5. The summed E-state index contributed by atoms with van der Waals surface area (Å²) in [6.45, 7) is 9.11. The molecule has 0 fully saturated rings. The van der Waals surface area contributed by atoms with Crippen LogP contribution in [0.25, 0.3) is 0 Å². The molecule has 14 heavy (non-hydrogen) atoms. The number of nitrogens with zero attached hydrogens (tertiary/aromatic N) is 2. The summed E-state index contributed by atoms with van der Waals surface area (Å²) in [7, 11) is 3.86. The first-order valence-corrected chi connectivity index (χ1v) is 5.42. The first-order chi connectivity index (χ1) is 6.45. The summed E-state index contributed by atoms with van der Waals surface area (Å²) in [6, 6.07) is 0.314. The van der Waals surface area contributed by atoms with E-state index in [9.17, 15) is 4.79 Å². The first-order valence-electron chi connectivity index (χ1n) is 5.42. The topological polar surface area (TPSA) is 23.6 Å². The third kappa shape index (κ3) is 3.29. The summed E-state index contributed by atoms with van der Waals surface area (Å²) in [5, 5.41) is 0. The van der Waals surface area contributed by atoms with Gasteiger partial charge in [0.15, 0.2) is 0 Å². The first kappa shape index (κ1) is 13.4. The number of carbonyl (C=O) groups excluding carboxylic acids is 1. The molecule has 0 saturated carbocycles. The maximum Gasteiger partial charge on any atom is 0.239 e. The number of likely N-dealkylation sites (N-methyl/N-ethyl adjacent to an activating group) is 2. The van der Waals surface area contributed by atoms with E-state index in [-0.39, 0.29) is 11.9 Å². The van der Waals surface area contributed by atoms with Crippen LogP contribution in [0.5, 0.6) is 0 Å². The fourth-order valence-corrected chi connectivity index (χ4v) is 1.25. The lowest BCUT2D eigenvalue weighted by Gasteiger charge is -2.30. The zero-order chi connectivity index (χ0) is 11.3. The molecule has 0 unspecified atom stereocenters. The van der Waals surface area contributed by atoms with Crippen molar-refractivity contribution in [2.24, 2.45) is 0 Å². The molecule has 0 aliphatic rings. The second-order valence-corrected chi connectivity index (χ2v) is 3.96. The Kier molecular flexibility index (Phi) is 5.77. The zero-order valence-corrected chi connectivity index (χ0v) is 10.4. The van der Waals surface area contributed by atoms with E-state index in [0.717, 1.165) is 13.0 Å². The number of carbonyl (C=O) groups is 1. The molecule has 84 valence electrons. The lowest BCUT2D eigenvalue weighted by molar-refractivity contribution is -0.136. The van der Waals surface area contributed by atoms with E-state index in [1.807, 2.05) is 25.9 Å². The quantitative estimate of drug-likeness (QED) is 0.673. The summed E-state index contributed by atoms with van der Waals surface area (Å²) < 4.78 is 0. The van der Waals surface area contributed by atoms with Crippen molar-refractivity contribution in [1.29, 1.82) is 0 Å². The molecule has 0 spiro atoms. The van der Waals surface area contributed by atoms with Gasteiger partial charge >= 0.3 is 0 Å². The van der Waals surface area contributed by atoms with Gasteiger partial charge in [0.05, 0.1) is 6.04 Å². The maximum absolute atomic E-state index is 11.9. The maximum atomic E-state index is 11.9. The largest absolute Gasteiger partial charge is 0.342 e. The fraction of sp³-hybridized carbons (Fsp3) is 0.909. The van der Waals surface area contributed by atoms with Gasteiger partial charge in [0, 0.05) is 13.1 Å². The molecule has 0 aromatic carbocycles. The van der Waals surface area contributed by atoms with Crippen molar-refractivity contribution in [3.8, 4) is 0 Å². The number of hydrogen-bond donors (Lipinski definition) is 0. The highest BCUT2D eigenvalue weighted by Gasteiger charge is 2.22. The summed E-state index contributed by atoms with van der Waals surface area (Å²) in [6.07, 6.45) is 1.00. The van der Waals surface area contributed by atoms with Gasteiger partial charge < -0.3 is 4.90 Å². The average Bonchev–Trinajstić information content (AvgIpc) is 2.23.